The fourth-order valence-corrected chi connectivity index (χ4v) is 2.94. The van der Waals surface area contributed by atoms with Crippen LogP contribution in [0.25, 0.3) is 11.3 Å². The first-order chi connectivity index (χ1) is 15.1. The molecule has 0 aliphatic heterocycles. The molecule has 0 saturated carbocycles. The number of benzene rings is 2. The number of hydrogen-bond acceptors (Lipinski definition) is 6. The number of ether oxygens (including phenoxy) is 1. The van der Waals surface area contributed by atoms with Crippen molar-refractivity contribution < 1.29 is 9.53 Å². The van der Waals surface area contributed by atoms with Crippen molar-refractivity contribution in [1.82, 2.24) is 15.0 Å². The minimum Gasteiger partial charge on any atom is -0.438 e. The standard InChI is InChI=1S/C24H21N5O2/c1-2-22-26-15-13-21(29-22)20-4-3-14-27-24(20)31-19-11-9-18(10-12-19)28-23(30)16-5-7-17(25)8-6-16/h3-15H,2,25H2,1H3,(H,28,30). The molecule has 0 aliphatic rings. The lowest BCUT2D eigenvalue weighted by atomic mass is 10.2. The molecule has 7 nitrogen and oxygen atoms in total. The topological polar surface area (TPSA) is 103 Å². The van der Waals surface area contributed by atoms with Crippen LogP contribution in [-0.4, -0.2) is 20.9 Å². The summed E-state index contributed by atoms with van der Waals surface area (Å²) in [5, 5.41) is 2.85. The Balaban J connectivity index is 1.49. The van der Waals surface area contributed by atoms with Crippen molar-refractivity contribution in [2.75, 3.05) is 11.1 Å². The number of aryl methyl sites for hydroxylation is 1. The highest BCUT2D eigenvalue weighted by Gasteiger charge is 2.11. The second-order valence-electron chi connectivity index (χ2n) is 6.77. The van der Waals surface area contributed by atoms with E-state index in [0.717, 1.165) is 23.5 Å². The number of amides is 1. The van der Waals surface area contributed by atoms with Gasteiger partial charge in [0.15, 0.2) is 0 Å². The molecule has 3 N–H and O–H groups in total. The van der Waals surface area contributed by atoms with Crippen LogP contribution in [0.1, 0.15) is 23.1 Å². The maximum atomic E-state index is 12.3. The fourth-order valence-electron chi connectivity index (χ4n) is 2.94. The Kier molecular flexibility index (Phi) is 5.84. The van der Waals surface area contributed by atoms with E-state index in [0.29, 0.717) is 28.6 Å². The number of carbonyl (C=O) groups is 1. The van der Waals surface area contributed by atoms with Gasteiger partial charge < -0.3 is 15.8 Å². The third kappa shape index (κ3) is 4.84. The van der Waals surface area contributed by atoms with Gasteiger partial charge in [0.05, 0.1) is 11.3 Å². The molecule has 0 unspecified atom stereocenters. The van der Waals surface area contributed by atoms with Crippen LogP contribution < -0.4 is 15.8 Å². The number of nitrogens with zero attached hydrogens (tertiary/aromatic N) is 3. The number of nitrogens with one attached hydrogen (secondary N) is 1. The largest absolute Gasteiger partial charge is 0.438 e. The lowest BCUT2D eigenvalue weighted by molar-refractivity contribution is 0.102. The molecule has 4 aromatic rings. The Morgan fingerprint density at radius 2 is 1.74 bits per heavy atom. The van der Waals surface area contributed by atoms with Crippen LogP contribution in [-0.2, 0) is 6.42 Å². The van der Waals surface area contributed by atoms with Gasteiger partial charge in [0.2, 0.25) is 5.88 Å². The maximum absolute atomic E-state index is 12.3. The van der Waals surface area contributed by atoms with Gasteiger partial charge in [0.25, 0.3) is 5.91 Å². The smallest absolute Gasteiger partial charge is 0.255 e. The summed E-state index contributed by atoms with van der Waals surface area (Å²) in [6.07, 6.45) is 4.15. The van der Waals surface area contributed by atoms with E-state index >= 15 is 0 Å². The summed E-state index contributed by atoms with van der Waals surface area (Å²) >= 11 is 0. The first kappa shape index (κ1) is 20.0. The summed E-state index contributed by atoms with van der Waals surface area (Å²) in [7, 11) is 0. The third-order valence-corrected chi connectivity index (χ3v) is 4.57. The highest BCUT2D eigenvalue weighted by Crippen LogP contribution is 2.30. The summed E-state index contributed by atoms with van der Waals surface area (Å²) in [6, 6.07) is 19.4. The van der Waals surface area contributed by atoms with E-state index in [4.69, 9.17) is 10.5 Å². The number of nitrogen functional groups attached to an aromatic ring is 1. The lowest BCUT2D eigenvalue weighted by Gasteiger charge is -2.11. The summed E-state index contributed by atoms with van der Waals surface area (Å²) in [5.41, 5.74) is 8.99. The van der Waals surface area contributed by atoms with Gasteiger partial charge in [-0.1, -0.05) is 6.92 Å². The van der Waals surface area contributed by atoms with Gasteiger partial charge in [-0.05, 0) is 66.7 Å². The van der Waals surface area contributed by atoms with Crippen LogP contribution in [0.4, 0.5) is 11.4 Å². The molecule has 154 valence electrons. The van der Waals surface area contributed by atoms with Crippen LogP contribution in [0.2, 0.25) is 0 Å². The number of aromatic nitrogens is 3. The quantitative estimate of drug-likeness (QED) is 0.445. The molecule has 4 rings (SSSR count). The Hall–Kier alpha value is -4.26. The van der Waals surface area contributed by atoms with Gasteiger partial charge >= 0.3 is 0 Å². The van der Waals surface area contributed by atoms with Gasteiger partial charge in [0.1, 0.15) is 11.6 Å². The molecule has 2 aromatic carbocycles. The van der Waals surface area contributed by atoms with Gasteiger partial charge in [-0.2, -0.15) is 0 Å². The van der Waals surface area contributed by atoms with Gasteiger partial charge in [-0.3, -0.25) is 4.79 Å². The number of nitrogens with two attached hydrogens (primary N) is 1. The number of rotatable bonds is 6. The zero-order chi connectivity index (χ0) is 21.6. The minimum atomic E-state index is -0.212. The minimum absolute atomic E-state index is 0.212. The van der Waals surface area contributed by atoms with Crippen LogP contribution in [0.5, 0.6) is 11.6 Å². The van der Waals surface area contributed by atoms with Gasteiger partial charge in [0, 0.05) is 35.8 Å². The predicted molar refractivity (Wildman–Crippen MR) is 120 cm³/mol. The Bertz CT molecular complexity index is 1190. The highest BCUT2D eigenvalue weighted by molar-refractivity contribution is 6.04. The highest BCUT2D eigenvalue weighted by atomic mass is 16.5. The molecule has 2 aromatic heterocycles. The number of pyridine rings is 1. The summed E-state index contributed by atoms with van der Waals surface area (Å²) < 4.78 is 6.00. The summed E-state index contributed by atoms with van der Waals surface area (Å²) in [6.45, 7) is 2.01. The molecule has 0 atom stereocenters. The van der Waals surface area contributed by atoms with E-state index in [1.54, 1.807) is 60.9 Å². The first-order valence-corrected chi connectivity index (χ1v) is 9.84. The first-order valence-electron chi connectivity index (χ1n) is 9.84. The molecular weight excluding hydrogens is 390 g/mol. The van der Waals surface area contributed by atoms with Crippen molar-refractivity contribution in [2.24, 2.45) is 0 Å². The SMILES string of the molecule is CCc1nccc(-c2cccnc2Oc2ccc(NC(=O)c3ccc(N)cc3)cc2)n1. The molecule has 7 heteroatoms. The summed E-state index contributed by atoms with van der Waals surface area (Å²) in [5.74, 6) is 1.58. The zero-order valence-electron chi connectivity index (χ0n) is 16.9. The monoisotopic (exact) mass is 411 g/mol. The zero-order valence-corrected chi connectivity index (χ0v) is 16.9. The molecule has 0 radical (unpaired) electrons. The van der Waals surface area contributed by atoms with E-state index < -0.39 is 0 Å². The van der Waals surface area contributed by atoms with Crippen molar-refractivity contribution in [3.05, 3.63) is 90.5 Å². The predicted octanol–water partition coefficient (Wildman–Crippen LogP) is 4.73. The average Bonchev–Trinajstić information content (AvgIpc) is 2.81. The van der Waals surface area contributed by atoms with Crippen molar-refractivity contribution in [3.8, 4) is 22.9 Å². The normalized spacial score (nSPS) is 10.5. The molecule has 0 bridgehead atoms. The number of hydrogen-bond donors (Lipinski definition) is 2. The van der Waals surface area contributed by atoms with Gasteiger partial charge in [-0.15, -0.1) is 0 Å². The van der Waals surface area contributed by atoms with Crippen LogP contribution >= 0.6 is 0 Å². The van der Waals surface area contributed by atoms with Crippen molar-refractivity contribution >= 4 is 17.3 Å². The molecule has 2 heterocycles. The Morgan fingerprint density at radius 3 is 2.48 bits per heavy atom. The van der Waals surface area contributed by atoms with Crippen molar-refractivity contribution in [1.29, 1.82) is 0 Å². The fraction of sp³-hybridized carbons (Fsp3) is 0.0833. The van der Waals surface area contributed by atoms with E-state index in [2.05, 4.69) is 20.3 Å². The Morgan fingerprint density at radius 1 is 0.968 bits per heavy atom. The molecule has 0 spiro atoms. The molecule has 1 amide bonds. The molecular formula is C24H21N5O2. The molecule has 0 fully saturated rings. The van der Waals surface area contributed by atoms with Crippen molar-refractivity contribution in [3.63, 3.8) is 0 Å². The lowest BCUT2D eigenvalue weighted by Crippen LogP contribution is -2.11. The third-order valence-electron chi connectivity index (χ3n) is 4.57. The Labute approximate surface area is 180 Å². The van der Waals surface area contributed by atoms with E-state index in [-0.39, 0.29) is 5.91 Å². The maximum Gasteiger partial charge on any atom is 0.255 e. The molecule has 0 aliphatic carbocycles. The average molecular weight is 411 g/mol. The van der Waals surface area contributed by atoms with Crippen LogP contribution in [0.3, 0.4) is 0 Å². The van der Waals surface area contributed by atoms with Crippen LogP contribution in [0.15, 0.2) is 79.1 Å². The second-order valence-corrected chi connectivity index (χ2v) is 6.77. The molecule has 0 saturated heterocycles. The summed E-state index contributed by atoms with van der Waals surface area (Å²) in [4.78, 5) is 25.5. The molecule has 31 heavy (non-hydrogen) atoms. The van der Waals surface area contributed by atoms with Gasteiger partial charge in [-0.25, -0.2) is 15.0 Å². The second kappa shape index (κ2) is 9.04. The van der Waals surface area contributed by atoms with E-state index in [9.17, 15) is 4.79 Å². The van der Waals surface area contributed by atoms with E-state index in [1.807, 2.05) is 25.1 Å². The van der Waals surface area contributed by atoms with E-state index in [1.165, 1.54) is 0 Å². The van der Waals surface area contributed by atoms with Crippen LogP contribution in [0, 0.1) is 0 Å². The van der Waals surface area contributed by atoms with Crippen molar-refractivity contribution in [2.45, 2.75) is 13.3 Å². The number of anilines is 2. The number of carbonyl (C=O) groups excluding carboxylic acids is 1.